The number of nitrogens with zero attached hydrogens (tertiary/aromatic N) is 4. The van der Waals surface area contributed by atoms with Gasteiger partial charge in [0.15, 0.2) is 5.71 Å². The average molecular weight is 1070 g/mol. The number of imide groups is 1. The third kappa shape index (κ3) is 10.6. The zero-order chi connectivity index (χ0) is 52.9. The molecule has 1 saturated heterocycles. The Bertz CT molecular complexity index is 3510. The summed E-state index contributed by atoms with van der Waals surface area (Å²) in [6.45, 7) is 10.4. The topological polar surface area (TPSA) is 270 Å². The Morgan fingerprint density at radius 2 is 1.43 bits per heavy atom. The fourth-order valence-electron chi connectivity index (χ4n) is 9.92. The molecule has 7 rings (SSSR count). The van der Waals surface area contributed by atoms with E-state index in [1.165, 1.54) is 25.2 Å². The Morgan fingerprint density at radius 1 is 0.764 bits per heavy atom. The zero-order valence-corrected chi connectivity index (χ0v) is 43.8. The molecule has 0 aliphatic carbocycles. The molecule has 1 fully saturated rings. The van der Waals surface area contributed by atoms with E-state index in [1.807, 2.05) is 63.8 Å². The quantitative estimate of drug-likeness (QED) is 0.0379. The van der Waals surface area contributed by atoms with Crippen LogP contribution in [-0.2, 0) is 70.4 Å². The van der Waals surface area contributed by atoms with Crippen LogP contribution < -0.4 is 4.90 Å². The molecule has 0 unspecified atom stereocenters. The van der Waals surface area contributed by atoms with Crippen molar-refractivity contribution in [1.82, 2.24) is 9.37 Å². The van der Waals surface area contributed by atoms with Gasteiger partial charge in [0.2, 0.25) is 15.7 Å². The molecule has 0 saturated carbocycles. The van der Waals surface area contributed by atoms with Crippen LogP contribution in [0, 0.1) is 0 Å². The predicted molar refractivity (Wildman–Crippen MR) is 269 cm³/mol. The van der Waals surface area contributed by atoms with Crippen molar-refractivity contribution in [2.24, 2.45) is 0 Å². The molecule has 2 amide bonds. The minimum Gasteiger partial charge on any atom is -0.344 e. The SMILES string of the molecule is CCCC[N+]1=C(C=CC=CC=C2N(CCCS(=O)(=O)O)c3ccc4c(S(=O)(=O)N(C)CCCC(=O)ON5C(=O)CCC5=O)cccc4c3C2(C)C)C(C)(C)c2c1ccc1c(S(=O)(=O)O)cc(S(=O)(=O)O)cc21. The lowest BCUT2D eigenvalue weighted by molar-refractivity contribution is -0.438. The monoisotopic (exact) mass is 1070 g/mol. The summed E-state index contributed by atoms with van der Waals surface area (Å²) in [5.41, 5.74) is 2.60. The van der Waals surface area contributed by atoms with Crippen LogP contribution in [0.1, 0.15) is 90.7 Å². The van der Waals surface area contributed by atoms with E-state index in [9.17, 15) is 61.7 Å². The molecular weight excluding hydrogens is 1010 g/mol. The van der Waals surface area contributed by atoms with Crippen molar-refractivity contribution in [3.05, 3.63) is 102 Å². The van der Waals surface area contributed by atoms with Crippen LogP contribution in [0.2, 0.25) is 0 Å². The molecule has 3 heterocycles. The van der Waals surface area contributed by atoms with E-state index in [-0.39, 0.29) is 60.9 Å². The number of allylic oxidation sites excluding steroid dienone is 6. The van der Waals surface area contributed by atoms with Crippen molar-refractivity contribution >= 4 is 96.8 Å². The van der Waals surface area contributed by atoms with Gasteiger partial charge in [-0.25, -0.2) is 17.5 Å². The highest BCUT2D eigenvalue weighted by molar-refractivity contribution is 7.89. The second-order valence-electron chi connectivity index (χ2n) is 18.9. The average Bonchev–Trinajstić information content (AvgIpc) is 3.80. The highest BCUT2D eigenvalue weighted by Gasteiger charge is 2.46. The summed E-state index contributed by atoms with van der Waals surface area (Å²) in [7, 11) is -16.9. The number of carbonyl (C=O) groups is 3. The van der Waals surface area contributed by atoms with Gasteiger partial charge in [0.25, 0.3) is 42.2 Å². The molecule has 0 radical (unpaired) electrons. The first-order valence-corrected chi connectivity index (χ1v) is 29.0. The molecule has 0 bridgehead atoms. The maximum absolute atomic E-state index is 14.2. The number of fused-ring (bicyclic) bond motifs is 6. The van der Waals surface area contributed by atoms with E-state index in [4.69, 9.17) is 4.84 Å². The van der Waals surface area contributed by atoms with Crippen LogP contribution in [0.5, 0.6) is 0 Å². The summed E-state index contributed by atoms with van der Waals surface area (Å²) in [4.78, 5) is 41.7. The highest BCUT2D eigenvalue weighted by atomic mass is 32.2. The lowest BCUT2D eigenvalue weighted by Crippen LogP contribution is -2.32. The number of hydrogen-bond acceptors (Lipinski definition) is 13. The molecule has 3 aliphatic rings. The van der Waals surface area contributed by atoms with Gasteiger partial charge in [-0.1, -0.05) is 63.6 Å². The van der Waals surface area contributed by atoms with E-state index in [0.717, 1.165) is 40.2 Å². The van der Waals surface area contributed by atoms with Gasteiger partial charge < -0.3 is 9.74 Å². The normalized spacial score (nSPS) is 17.8. The maximum atomic E-state index is 14.2. The first-order valence-electron chi connectivity index (χ1n) is 23.1. The summed E-state index contributed by atoms with van der Waals surface area (Å²) >= 11 is 0. The van der Waals surface area contributed by atoms with Gasteiger partial charge in [-0.3, -0.25) is 23.2 Å². The Morgan fingerprint density at radius 3 is 2.07 bits per heavy atom. The van der Waals surface area contributed by atoms with Gasteiger partial charge in [-0.15, -0.1) is 5.06 Å². The Balaban J connectivity index is 1.21. The molecule has 0 atom stereocenters. The van der Waals surface area contributed by atoms with Gasteiger partial charge in [-0.05, 0) is 79.4 Å². The summed E-state index contributed by atoms with van der Waals surface area (Å²) in [5.74, 6) is -2.60. The van der Waals surface area contributed by atoms with Crippen molar-refractivity contribution in [3.63, 3.8) is 0 Å². The van der Waals surface area contributed by atoms with Crippen molar-refractivity contribution in [3.8, 4) is 0 Å². The molecule has 0 aromatic heterocycles. The number of unbranched alkanes of at least 4 members (excludes halogenated alkanes) is 1. The van der Waals surface area contributed by atoms with E-state index in [1.54, 1.807) is 36.4 Å². The van der Waals surface area contributed by atoms with Crippen LogP contribution in [0.25, 0.3) is 21.5 Å². The first kappa shape index (κ1) is 54.1. The van der Waals surface area contributed by atoms with Crippen molar-refractivity contribution in [2.45, 2.75) is 105 Å². The summed E-state index contributed by atoms with van der Waals surface area (Å²) in [6, 6.07) is 13.5. The standard InChI is InChI=1S/C49H56N4O15S4/c1-7-8-27-51-38-23-21-34-36(30-32(71(62,63)64)31-40(34)72(65,66)67)47(38)49(4,5)42(51)18-11-9-10-17-41-48(2,3)46-35-15-12-16-39(33(35)20-22-37(46)52(41)28-14-29-69(57,58)59)70(60,61)50(6)26-13-19-45(56)68-53-43(54)24-25-44(53)55/h9-12,15-18,20-23,30-31H,7-8,13-14,19,24-29H2,1-6H3,(H2-,57,58,59,62,63,64,65,66,67)/p+1. The molecule has 4 aromatic carbocycles. The fourth-order valence-corrected chi connectivity index (χ4v) is 13.2. The van der Waals surface area contributed by atoms with E-state index in [0.29, 0.717) is 39.3 Å². The number of benzene rings is 4. The number of hydrogen-bond donors (Lipinski definition) is 3. The highest BCUT2D eigenvalue weighted by Crippen LogP contribution is 2.52. The number of sulfonamides is 1. The zero-order valence-electron chi connectivity index (χ0n) is 40.5. The molecule has 4 aromatic rings. The third-order valence-corrected chi connectivity index (χ3v) is 17.8. The van der Waals surface area contributed by atoms with Crippen LogP contribution in [0.4, 0.5) is 11.4 Å². The third-order valence-electron chi connectivity index (χ3n) is 13.3. The maximum Gasteiger partial charge on any atom is 0.333 e. The van der Waals surface area contributed by atoms with Crippen molar-refractivity contribution in [1.29, 1.82) is 0 Å². The molecule has 72 heavy (non-hydrogen) atoms. The number of anilines is 1. The van der Waals surface area contributed by atoms with Gasteiger partial charge in [0.1, 0.15) is 11.4 Å². The van der Waals surface area contributed by atoms with Gasteiger partial charge in [0.05, 0.1) is 21.0 Å². The minimum atomic E-state index is -4.93. The van der Waals surface area contributed by atoms with Crippen molar-refractivity contribution in [2.75, 3.05) is 37.3 Å². The summed E-state index contributed by atoms with van der Waals surface area (Å²) < 4.78 is 135. The molecule has 19 nitrogen and oxygen atoms in total. The Kier molecular flexibility index (Phi) is 15.0. The molecule has 0 spiro atoms. The predicted octanol–water partition coefficient (Wildman–Crippen LogP) is 6.74. The lowest BCUT2D eigenvalue weighted by Gasteiger charge is -2.27. The van der Waals surface area contributed by atoms with Crippen LogP contribution in [0.3, 0.4) is 0 Å². The van der Waals surface area contributed by atoms with Crippen LogP contribution >= 0.6 is 0 Å². The van der Waals surface area contributed by atoms with Crippen molar-refractivity contribution < 1.29 is 71.1 Å². The minimum absolute atomic E-state index is 0.00512. The molecule has 23 heteroatoms. The van der Waals surface area contributed by atoms with Crippen LogP contribution in [-0.4, -0.2) is 117 Å². The second kappa shape index (κ2) is 20.0. The Hall–Kier alpha value is -5.66. The number of amides is 2. The van der Waals surface area contributed by atoms with Gasteiger partial charge in [0, 0.05) is 91.1 Å². The summed E-state index contributed by atoms with van der Waals surface area (Å²) in [5, 5.41) is 1.78. The summed E-state index contributed by atoms with van der Waals surface area (Å²) in [6.07, 6.45) is 10.5. The fraction of sp³-hybridized carbons (Fsp3) is 0.388. The smallest absolute Gasteiger partial charge is 0.333 e. The van der Waals surface area contributed by atoms with Crippen LogP contribution in [0.15, 0.2) is 105 Å². The second-order valence-corrected chi connectivity index (χ2v) is 25.3. The lowest BCUT2D eigenvalue weighted by atomic mass is 9.79. The first-order chi connectivity index (χ1) is 33.5. The van der Waals surface area contributed by atoms with E-state index in [2.05, 4.69) is 4.58 Å². The van der Waals surface area contributed by atoms with E-state index >= 15 is 0 Å². The Labute approximate surface area is 419 Å². The molecule has 3 N–H and O–H groups in total. The van der Waals surface area contributed by atoms with Gasteiger partial charge >= 0.3 is 5.97 Å². The molecule has 386 valence electrons. The largest absolute Gasteiger partial charge is 0.344 e. The molecular formula is C49H57N4O15S4+. The number of carbonyl (C=O) groups excluding carboxylic acids is 3. The van der Waals surface area contributed by atoms with E-state index < -0.39 is 84.5 Å². The van der Waals surface area contributed by atoms with Gasteiger partial charge in [-0.2, -0.15) is 29.8 Å². The number of rotatable bonds is 19. The number of hydroxylamine groups is 2. The molecule has 3 aliphatic heterocycles.